The number of sulfonamides is 1. The van der Waals surface area contributed by atoms with Gasteiger partial charge in [0.2, 0.25) is 10.0 Å². The van der Waals surface area contributed by atoms with Crippen LogP contribution in [0, 0.1) is 0 Å². The van der Waals surface area contributed by atoms with E-state index < -0.39 is 10.0 Å². The first-order valence-corrected chi connectivity index (χ1v) is 10.7. The lowest BCUT2D eigenvalue weighted by Gasteiger charge is -2.33. The fourth-order valence-electron chi connectivity index (χ4n) is 3.24. The summed E-state index contributed by atoms with van der Waals surface area (Å²) in [6.45, 7) is 1.96. The first kappa shape index (κ1) is 16.6. The summed E-state index contributed by atoms with van der Waals surface area (Å²) in [5, 5.41) is 8.41. The minimum absolute atomic E-state index is 0.134. The Bertz CT molecular complexity index is 1190. The molecule has 4 aromatic rings. The molecule has 8 nitrogen and oxygen atoms in total. The Morgan fingerprint density at radius 3 is 2.52 bits per heavy atom. The van der Waals surface area contributed by atoms with E-state index in [4.69, 9.17) is 4.63 Å². The van der Waals surface area contributed by atoms with Crippen molar-refractivity contribution in [1.29, 1.82) is 0 Å². The molecule has 1 aliphatic heterocycles. The molecular formula is C17H15N5O3S2. The van der Waals surface area contributed by atoms with Gasteiger partial charge in [0.1, 0.15) is 10.4 Å². The van der Waals surface area contributed by atoms with Crippen molar-refractivity contribution in [2.24, 2.45) is 0 Å². The maximum absolute atomic E-state index is 13.1. The fourth-order valence-corrected chi connectivity index (χ4v) is 5.82. The van der Waals surface area contributed by atoms with Crippen LogP contribution in [0.15, 0.2) is 52.0 Å². The lowest BCUT2D eigenvalue weighted by molar-refractivity contribution is 0.315. The first-order valence-electron chi connectivity index (χ1n) is 8.45. The number of aromatic nitrogens is 3. The lowest BCUT2D eigenvalue weighted by atomic mass is 10.3. The largest absolute Gasteiger partial charge is 0.345 e. The normalized spacial score (nSPS) is 16.4. The van der Waals surface area contributed by atoms with Gasteiger partial charge in [0.05, 0.1) is 10.2 Å². The Labute approximate surface area is 159 Å². The van der Waals surface area contributed by atoms with Crippen LogP contribution >= 0.6 is 11.3 Å². The summed E-state index contributed by atoms with van der Waals surface area (Å²) in [6, 6.07) is 12.9. The second kappa shape index (κ2) is 6.25. The van der Waals surface area contributed by atoms with Gasteiger partial charge in [-0.1, -0.05) is 29.5 Å². The average molecular weight is 401 g/mol. The van der Waals surface area contributed by atoms with E-state index in [2.05, 4.69) is 20.2 Å². The molecule has 0 radical (unpaired) electrons. The van der Waals surface area contributed by atoms with Crippen LogP contribution in [-0.4, -0.2) is 54.2 Å². The van der Waals surface area contributed by atoms with Crippen molar-refractivity contribution in [3.63, 3.8) is 0 Å². The molecule has 0 amide bonds. The first-order chi connectivity index (χ1) is 13.1. The van der Waals surface area contributed by atoms with Crippen LogP contribution in [0.2, 0.25) is 0 Å². The predicted molar refractivity (Wildman–Crippen MR) is 102 cm³/mol. The van der Waals surface area contributed by atoms with Gasteiger partial charge in [0.15, 0.2) is 10.6 Å². The lowest BCUT2D eigenvalue weighted by Crippen LogP contribution is -2.48. The van der Waals surface area contributed by atoms with Crippen LogP contribution in [-0.2, 0) is 10.0 Å². The van der Waals surface area contributed by atoms with E-state index in [0.29, 0.717) is 31.7 Å². The van der Waals surface area contributed by atoms with Crippen LogP contribution in [0.25, 0.3) is 21.3 Å². The summed E-state index contributed by atoms with van der Waals surface area (Å²) in [7, 11) is -3.66. The van der Waals surface area contributed by atoms with Crippen molar-refractivity contribution in [3.8, 4) is 0 Å². The molecule has 1 fully saturated rings. The highest BCUT2D eigenvalue weighted by Gasteiger charge is 2.31. The van der Waals surface area contributed by atoms with Crippen molar-refractivity contribution in [2.75, 3.05) is 31.1 Å². The maximum atomic E-state index is 13.1. The number of thiazole rings is 1. The van der Waals surface area contributed by atoms with Gasteiger partial charge in [-0.15, -0.1) is 0 Å². The standard InChI is InChI=1S/C17H15N5O3S2/c23-27(24,15-7-3-5-13-16(15)20-25-19-13)22-10-8-21(9-11-22)17-18-12-4-1-2-6-14(12)26-17/h1-7H,8-11H2. The monoisotopic (exact) mass is 401 g/mol. The molecule has 0 unspecified atom stereocenters. The average Bonchev–Trinajstić information content (AvgIpc) is 3.34. The van der Waals surface area contributed by atoms with Crippen LogP contribution < -0.4 is 4.90 Å². The van der Waals surface area contributed by atoms with Crippen molar-refractivity contribution in [1.82, 2.24) is 19.6 Å². The molecular weight excluding hydrogens is 386 g/mol. The Hall–Kier alpha value is -2.56. The quantitative estimate of drug-likeness (QED) is 0.520. The third-order valence-electron chi connectivity index (χ3n) is 4.66. The summed E-state index contributed by atoms with van der Waals surface area (Å²) in [5.74, 6) is 0. The summed E-state index contributed by atoms with van der Waals surface area (Å²) in [4.78, 5) is 6.93. The molecule has 0 aliphatic carbocycles. The molecule has 10 heteroatoms. The summed E-state index contributed by atoms with van der Waals surface area (Å²) in [5.41, 5.74) is 1.67. The number of hydrogen-bond donors (Lipinski definition) is 0. The van der Waals surface area contributed by atoms with Crippen molar-refractivity contribution >= 4 is 47.7 Å². The molecule has 0 atom stereocenters. The minimum Gasteiger partial charge on any atom is -0.345 e. The molecule has 0 N–H and O–H groups in total. The number of benzene rings is 2. The zero-order valence-electron chi connectivity index (χ0n) is 14.1. The van der Waals surface area contributed by atoms with Gasteiger partial charge in [-0.25, -0.2) is 18.0 Å². The molecule has 0 saturated carbocycles. The molecule has 5 rings (SSSR count). The van der Waals surface area contributed by atoms with E-state index in [1.54, 1.807) is 29.5 Å². The van der Waals surface area contributed by atoms with Crippen molar-refractivity contribution < 1.29 is 13.0 Å². The van der Waals surface area contributed by atoms with Gasteiger partial charge < -0.3 is 4.90 Å². The smallest absolute Gasteiger partial charge is 0.245 e. The van der Waals surface area contributed by atoms with Crippen LogP contribution in [0.1, 0.15) is 0 Å². The molecule has 0 bridgehead atoms. The molecule has 2 aromatic carbocycles. The van der Waals surface area contributed by atoms with E-state index in [-0.39, 0.29) is 10.4 Å². The summed E-state index contributed by atoms with van der Waals surface area (Å²) in [6.07, 6.45) is 0. The number of hydrogen-bond acceptors (Lipinski definition) is 8. The Morgan fingerprint density at radius 2 is 1.70 bits per heavy atom. The highest BCUT2D eigenvalue weighted by atomic mass is 32.2. The highest BCUT2D eigenvalue weighted by Crippen LogP contribution is 2.30. The number of nitrogens with zero attached hydrogens (tertiary/aromatic N) is 5. The molecule has 27 heavy (non-hydrogen) atoms. The predicted octanol–water partition coefficient (Wildman–Crippen LogP) is 2.34. The number of piperazine rings is 1. The van der Waals surface area contributed by atoms with Crippen molar-refractivity contribution in [2.45, 2.75) is 4.90 Å². The minimum atomic E-state index is -3.66. The number of para-hydroxylation sites is 1. The topological polar surface area (TPSA) is 92.4 Å². The van der Waals surface area contributed by atoms with E-state index in [1.165, 1.54) is 4.31 Å². The second-order valence-corrected chi connectivity index (χ2v) is 9.16. The molecule has 138 valence electrons. The van der Waals surface area contributed by atoms with Crippen molar-refractivity contribution in [3.05, 3.63) is 42.5 Å². The fraction of sp³-hybridized carbons (Fsp3) is 0.235. The Kier molecular flexibility index (Phi) is 3.85. The zero-order chi connectivity index (χ0) is 18.4. The Balaban J connectivity index is 1.39. The summed E-state index contributed by atoms with van der Waals surface area (Å²) < 4.78 is 33.4. The van der Waals surface area contributed by atoms with E-state index in [1.807, 2.05) is 24.3 Å². The number of anilines is 1. The molecule has 0 spiro atoms. The van der Waals surface area contributed by atoms with Crippen LogP contribution in [0.4, 0.5) is 5.13 Å². The summed E-state index contributed by atoms with van der Waals surface area (Å²) >= 11 is 1.63. The van der Waals surface area contributed by atoms with Gasteiger partial charge in [0, 0.05) is 26.2 Å². The van der Waals surface area contributed by atoms with E-state index >= 15 is 0 Å². The second-order valence-electron chi connectivity index (χ2n) is 6.24. The molecule has 1 saturated heterocycles. The highest BCUT2D eigenvalue weighted by molar-refractivity contribution is 7.89. The number of fused-ring (bicyclic) bond motifs is 2. The van der Waals surface area contributed by atoms with Gasteiger partial charge in [0.25, 0.3) is 0 Å². The third kappa shape index (κ3) is 2.76. The third-order valence-corrected chi connectivity index (χ3v) is 7.69. The number of rotatable bonds is 3. The van der Waals surface area contributed by atoms with Gasteiger partial charge in [-0.05, 0) is 34.6 Å². The molecule has 2 aromatic heterocycles. The van der Waals surface area contributed by atoms with E-state index in [9.17, 15) is 8.42 Å². The molecule has 1 aliphatic rings. The maximum Gasteiger partial charge on any atom is 0.245 e. The molecule has 3 heterocycles. The van der Waals surface area contributed by atoms with Gasteiger partial charge in [-0.2, -0.15) is 4.31 Å². The van der Waals surface area contributed by atoms with Gasteiger partial charge in [-0.3, -0.25) is 0 Å². The zero-order valence-corrected chi connectivity index (χ0v) is 15.8. The van der Waals surface area contributed by atoms with Gasteiger partial charge >= 0.3 is 0 Å². The van der Waals surface area contributed by atoms with Crippen LogP contribution in [0.3, 0.4) is 0 Å². The van der Waals surface area contributed by atoms with Crippen LogP contribution in [0.5, 0.6) is 0 Å². The van der Waals surface area contributed by atoms with E-state index in [0.717, 1.165) is 15.3 Å². The Morgan fingerprint density at radius 1 is 0.926 bits per heavy atom. The SMILES string of the molecule is O=S(=O)(c1cccc2nonc12)N1CCN(c2nc3ccccc3s2)CC1.